The molecule has 0 spiro atoms. The second-order valence-corrected chi connectivity index (χ2v) is 9.44. The molecule has 1 fully saturated rings. The van der Waals surface area contributed by atoms with Crippen LogP contribution in [0.5, 0.6) is 0 Å². The van der Waals surface area contributed by atoms with E-state index in [1.807, 2.05) is 30.3 Å². The summed E-state index contributed by atoms with van der Waals surface area (Å²) in [7, 11) is 0. The van der Waals surface area contributed by atoms with Gasteiger partial charge in [0, 0.05) is 62.5 Å². The summed E-state index contributed by atoms with van der Waals surface area (Å²) in [5.41, 5.74) is 2.16. The molecule has 8 heteroatoms. The molecule has 2 N–H and O–H groups in total. The van der Waals surface area contributed by atoms with Crippen molar-refractivity contribution in [3.63, 3.8) is 0 Å². The maximum Gasteiger partial charge on any atom is 0.238 e. The number of amides is 1. The number of carbonyl (C=O) groups is 2. The van der Waals surface area contributed by atoms with Crippen LogP contribution < -0.4 is 5.32 Å². The van der Waals surface area contributed by atoms with Crippen LogP contribution >= 0.6 is 11.6 Å². The number of aliphatic imine (C=N–C) groups is 1. The Labute approximate surface area is 211 Å². The van der Waals surface area contributed by atoms with Crippen molar-refractivity contribution in [2.24, 2.45) is 4.99 Å². The fourth-order valence-electron chi connectivity index (χ4n) is 4.48. The topological polar surface area (TPSA) is 85.2 Å². The SMILES string of the molecule is O=C(CN1CCN(CCN=CC2=C(O)CC(c3ccccc3)CC2=O)CC1)Nc1ccc(Cl)cc1. The number of ketones is 1. The first kappa shape index (κ1) is 25.1. The fraction of sp³-hybridized carbons (Fsp3) is 0.370. The molecule has 4 rings (SSSR count). The van der Waals surface area contributed by atoms with E-state index < -0.39 is 0 Å². The van der Waals surface area contributed by atoms with Gasteiger partial charge in [-0.15, -0.1) is 0 Å². The summed E-state index contributed by atoms with van der Waals surface area (Å²) in [6.45, 7) is 5.02. The first-order valence-corrected chi connectivity index (χ1v) is 12.4. The van der Waals surface area contributed by atoms with Crippen molar-refractivity contribution in [2.75, 3.05) is 51.1 Å². The van der Waals surface area contributed by atoms with E-state index in [0.29, 0.717) is 36.5 Å². The molecular weight excluding hydrogens is 464 g/mol. The maximum atomic E-state index is 12.6. The number of allylic oxidation sites excluding steroid dienone is 2. The zero-order valence-corrected chi connectivity index (χ0v) is 20.5. The zero-order valence-electron chi connectivity index (χ0n) is 19.7. The summed E-state index contributed by atoms with van der Waals surface area (Å²) < 4.78 is 0. The number of hydrogen-bond acceptors (Lipinski definition) is 6. The highest BCUT2D eigenvalue weighted by Crippen LogP contribution is 2.32. The van der Waals surface area contributed by atoms with Crippen LogP contribution in [0.3, 0.4) is 0 Å². The number of anilines is 1. The number of aliphatic hydroxyl groups is 1. The van der Waals surface area contributed by atoms with Gasteiger partial charge in [-0.05, 0) is 35.7 Å². The molecule has 1 saturated heterocycles. The number of piperazine rings is 1. The highest BCUT2D eigenvalue weighted by atomic mass is 35.5. The quantitative estimate of drug-likeness (QED) is 0.543. The lowest BCUT2D eigenvalue weighted by Gasteiger charge is -2.33. The monoisotopic (exact) mass is 494 g/mol. The van der Waals surface area contributed by atoms with Crippen LogP contribution in [0.25, 0.3) is 0 Å². The minimum Gasteiger partial charge on any atom is -0.511 e. The average molecular weight is 495 g/mol. The minimum atomic E-state index is -0.0585. The van der Waals surface area contributed by atoms with Crippen LogP contribution in [0.2, 0.25) is 5.02 Å². The van der Waals surface area contributed by atoms with Crippen molar-refractivity contribution in [3.05, 3.63) is 76.5 Å². The molecule has 1 aliphatic heterocycles. The Kier molecular flexibility index (Phi) is 8.69. The lowest BCUT2D eigenvalue weighted by molar-refractivity contribution is -0.118. The van der Waals surface area contributed by atoms with Crippen molar-refractivity contribution < 1.29 is 14.7 Å². The van der Waals surface area contributed by atoms with Gasteiger partial charge in [0.05, 0.1) is 18.7 Å². The van der Waals surface area contributed by atoms with Crippen molar-refractivity contribution in [1.82, 2.24) is 9.80 Å². The molecule has 1 amide bonds. The molecule has 0 radical (unpaired) electrons. The van der Waals surface area contributed by atoms with Gasteiger partial charge < -0.3 is 10.4 Å². The average Bonchev–Trinajstić information content (AvgIpc) is 2.86. The Bertz CT molecular complexity index is 1080. The van der Waals surface area contributed by atoms with Gasteiger partial charge in [0.1, 0.15) is 5.76 Å². The first-order valence-electron chi connectivity index (χ1n) is 12.0. The van der Waals surface area contributed by atoms with E-state index in [2.05, 4.69) is 20.1 Å². The van der Waals surface area contributed by atoms with E-state index in [0.717, 1.165) is 44.0 Å². The Morgan fingerprint density at radius 2 is 1.71 bits per heavy atom. The minimum absolute atomic E-state index is 0.0189. The molecule has 0 aromatic heterocycles. The summed E-state index contributed by atoms with van der Waals surface area (Å²) >= 11 is 5.88. The highest BCUT2D eigenvalue weighted by molar-refractivity contribution is 6.30. The molecule has 1 unspecified atom stereocenters. The van der Waals surface area contributed by atoms with Crippen LogP contribution in [-0.2, 0) is 9.59 Å². The van der Waals surface area contributed by atoms with Gasteiger partial charge in [0.15, 0.2) is 5.78 Å². The predicted octanol–water partition coefficient (Wildman–Crippen LogP) is 3.93. The molecule has 2 aromatic carbocycles. The predicted molar refractivity (Wildman–Crippen MR) is 139 cm³/mol. The smallest absolute Gasteiger partial charge is 0.238 e. The highest BCUT2D eigenvalue weighted by Gasteiger charge is 2.27. The van der Waals surface area contributed by atoms with Gasteiger partial charge in [-0.25, -0.2) is 0 Å². The normalized spacial score (nSPS) is 19.9. The van der Waals surface area contributed by atoms with Crippen LogP contribution in [0.4, 0.5) is 5.69 Å². The molecule has 2 aromatic rings. The lowest BCUT2D eigenvalue weighted by atomic mass is 9.83. The van der Waals surface area contributed by atoms with Crippen LogP contribution in [0.15, 0.2) is 70.9 Å². The lowest BCUT2D eigenvalue weighted by Crippen LogP contribution is -2.49. The number of benzene rings is 2. The van der Waals surface area contributed by atoms with Gasteiger partial charge >= 0.3 is 0 Å². The van der Waals surface area contributed by atoms with E-state index in [1.54, 1.807) is 24.3 Å². The Morgan fingerprint density at radius 1 is 1.03 bits per heavy atom. The van der Waals surface area contributed by atoms with Gasteiger partial charge in [-0.3, -0.25) is 24.4 Å². The van der Waals surface area contributed by atoms with E-state index in [-0.39, 0.29) is 23.4 Å². The number of aliphatic hydroxyl groups excluding tert-OH is 1. The van der Waals surface area contributed by atoms with Gasteiger partial charge in [-0.1, -0.05) is 41.9 Å². The summed E-state index contributed by atoms with van der Waals surface area (Å²) in [4.78, 5) is 33.7. The zero-order chi connectivity index (χ0) is 24.6. The van der Waals surface area contributed by atoms with Crippen molar-refractivity contribution in [2.45, 2.75) is 18.8 Å². The standard InChI is InChI=1S/C27H31ClN4O3/c28-22-6-8-23(9-7-22)30-27(35)19-32-14-12-31(13-15-32)11-10-29-18-24-25(33)16-21(17-26(24)34)20-4-2-1-3-5-20/h1-9,18,21,33H,10-17,19H2,(H,30,35). The van der Waals surface area contributed by atoms with E-state index in [4.69, 9.17) is 11.6 Å². The molecule has 1 aliphatic carbocycles. The number of hydrogen-bond donors (Lipinski definition) is 2. The van der Waals surface area contributed by atoms with Crippen LogP contribution in [0, 0.1) is 0 Å². The second-order valence-electron chi connectivity index (χ2n) is 9.01. The molecule has 184 valence electrons. The molecule has 0 saturated carbocycles. The summed E-state index contributed by atoms with van der Waals surface area (Å²) in [6.07, 6.45) is 2.39. The Balaban J connectivity index is 1.17. The number of rotatable bonds is 8. The molecule has 1 atom stereocenters. The van der Waals surface area contributed by atoms with E-state index >= 15 is 0 Å². The number of Topliss-reactive ketones (excluding diaryl/α,β-unsaturated/α-hetero) is 1. The number of nitrogens with zero attached hydrogens (tertiary/aromatic N) is 3. The summed E-state index contributed by atoms with van der Waals surface area (Å²) in [5, 5.41) is 14.0. The number of carbonyl (C=O) groups excluding carboxylic acids is 2. The molecule has 35 heavy (non-hydrogen) atoms. The van der Waals surface area contributed by atoms with Gasteiger partial charge in [0.2, 0.25) is 5.91 Å². The Hall–Kier alpha value is -3.00. The van der Waals surface area contributed by atoms with Crippen molar-refractivity contribution in [3.8, 4) is 0 Å². The van der Waals surface area contributed by atoms with E-state index in [1.165, 1.54) is 6.21 Å². The van der Waals surface area contributed by atoms with Gasteiger partial charge in [-0.2, -0.15) is 0 Å². The molecule has 7 nitrogen and oxygen atoms in total. The summed E-state index contributed by atoms with van der Waals surface area (Å²) in [6, 6.07) is 16.9. The maximum absolute atomic E-state index is 12.6. The van der Waals surface area contributed by atoms with Crippen LogP contribution in [0.1, 0.15) is 24.3 Å². The third-order valence-corrected chi connectivity index (χ3v) is 6.73. The second kappa shape index (κ2) is 12.1. The number of halogens is 1. The molecule has 1 heterocycles. The molecule has 2 aliphatic rings. The first-order chi connectivity index (χ1) is 17.0. The molecular formula is C27H31ClN4O3. The third-order valence-electron chi connectivity index (χ3n) is 6.48. The molecule has 0 bridgehead atoms. The summed E-state index contributed by atoms with van der Waals surface area (Å²) in [5.74, 6) is 0.0525. The third kappa shape index (κ3) is 7.24. The van der Waals surface area contributed by atoms with Crippen molar-refractivity contribution >= 4 is 35.2 Å². The van der Waals surface area contributed by atoms with Crippen molar-refractivity contribution in [1.29, 1.82) is 0 Å². The van der Waals surface area contributed by atoms with Crippen LogP contribution in [-0.4, -0.2) is 78.6 Å². The Morgan fingerprint density at radius 3 is 2.40 bits per heavy atom. The largest absolute Gasteiger partial charge is 0.511 e. The van der Waals surface area contributed by atoms with E-state index in [9.17, 15) is 14.7 Å². The fourth-order valence-corrected chi connectivity index (χ4v) is 4.61. The van der Waals surface area contributed by atoms with Gasteiger partial charge in [0.25, 0.3) is 0 Å². The number of nitrogens with one attached hydrogen (secondary N) is 1.